The number of anilines is 1. The first-order valence-corrected chi connectivity index (χ1v) is 10.7. The van der Waals surface area contributed by atoms with Crippen LogP contribution in [0.3, 0.4) is 0 Å². The average molecular weight is 476 g/mol. The smallest absolute Gasteiger partial charge is 0.370 e. The van der Waals surface area contributed by atoms with Crippen LogP contribution in [0, 0.1) is 12.8 Å². The second-order valence-electron chi connectivity index (χ2n) is 8.02. The Morgan fingerprint density at radius 2 is 1.91 bits per heavy atom. The molecule has 6 nitrogen and oxygen atoms in total. The van der Waals surface area contributed by atoms with Crippen LogP contribution in [0.15, 0.2) is 54.9 Å². The predicted molar refractivity (Wildman–Crippen MR) is 118 cm³/mol. The molecule has 0 unspecified atom stereocenters. The number of aryl methyl sites for hydroxylation is 1. The van der Waals surface area contributed by atoms with Crippen molar-refractivity contribution in [3.63, 3.8) is 0 Å². The highest BCUT2D eigenvalue weighted by molar-refractivity contribution is 6.30. The van der Waals surface area contributed by atoms with Crippen LogP contribution in [0.5, 0.6) is 0 Å². The fourth-order valence-electron chi connectivity index (χ4n) is 4.01. The lowest BCUT2D eigenvalue weighted by molar-refractivity contribution is -0.137. The summed E-state index contributed by atoms with van der Waals surface area (Å²) in [7, 11) is 0. The van der Waals surface area contributed by atoms with Crippen LogP contribution in [0.1, 0.15) is 33.1 Å². The Morgan fingerprint density at radius 1 is 1.15 bits per heavy atom. The van der Waals surface area contributed by atoms with Gasteiger partial charge in [-0.05, 0) is 42.8 Å². The molecule has 0 saturated carbocycles. The minimum absolute atomic E-state index is 0.00936. The zero-order valence-corrected chi connectivity index (χ0v) is 18.4. The number of benzene rings is 1. The van der Waals surface area contributed by atoms with Crippen molar-refractivity contribution in [3.05, 3.63) is 82.3 Å². The van der Waals surface area contributed by atoms with Gasteiger partial charge in [0.2, 0.25) is 0 Å². The zero-order chi connectivity index (χ0) is 23.6. The van der Waals surface area contributed by atoms with Crippen molar-refractivity contribution in [1.82, 2.24) is 20.1 Å². The van der Waals surface area contributed by atoms with E-state index in [4.69, 9.17) is 11.6 Å². The summed E-state index contributed by atoms with van der Waals surface area (Å²) >= 11 is 6.04. The van der Waals surface area contributed by atoms with Gasteiger partial charge in [0.15, 0.2) is 0 Å². The van der Waals surface area contributed by atoms with E-state index in [-0.39, 0.29) is 17.7 Å². The maximum Gasteiger partial charge on any atom is 0.417 e. The summed E-state index contributed by atoms with van der Waals surface area (Å²) < 4.78 is 38.4. The molecule has 2 atom stereocenters. The number of hydrogen-bond acceptors (Lipinski definition) is 5. The van der Waals surface area contributed by atoms with Crippen LogP contribution in [-0.4, -0.2) is 45.6 Å². The van der Waals surface area contributed by atoms with Gasteiger partial charge in [-0.15, -0.1) is 0 Å². The summed E-state index contributed by atoms with van der Waals surface area (Å²) in [5.74, 6) is 0.234. The van der Waals surface area contributed by atoms with Gasteiger partial charge in [-0.1, -0.05) is 23.7 Å². The average Bonchev–Trinajstić information content (AvgIpc) is 3.21. The molecule has 172 valence electrons. The Morgan fingerprint density at radius 3 is 2.55 bits per heavy atom. The van der Waals surface area contributed by atoms with E-state index in [1.165, 1.54) is 12.3 Å². The number of nitrogens with one attached hydrogen (secondary N) is 1. The molecule has 1 amide bonds. The second-order valence-corrected chi connectivity index (χ2v) is 8.46. The quantitative estimate of drug-likeness (QED) is 0.573. The first kappa shape index (κ1) is 23.0. The van der Waals surface area contributed by atoms with E-state index in [2.05, 4.69) is 20.5 Å². The van der Waals surface area contributed by atoms with Crippen molar-refractivity contribution >= 4 is 23.3 Å². The first-order valence-electron chi connectivity index (χ1n) is 10.3. The van der Waals surface area contributed by atoms with Gasteiger partial charge in [-0.2, -0.15) is 23.4 Å². The summed E-state index contributed by atoms with van der Waals surface area (Å²) in [5.41, 5.74) is 1.35. The van der Waals surface area contributed by atoms with E-state index >= 15 is 0 Å². The maximum atomic E-state index is 13.1. The minimum atomic E-state index is -4.43. The SMILES string of the molecule is Cc1cc(C(=O)N2C[C@H](CNc3ccc(C(F)(F)F)cn3)[C@@H](c3ccc(Cl)cc3)C2)cnn1. The van der Waals surface area contributed by atoms with Crippen LogP contribution in [-0.2, 0) is 6.18 Å². The second kappa shape index (κ2) is 9.35. The zero-order valence-electron chi connectivity index (χ0n) is 17.7. The normalized spacial score (nSPS) is 18.4. The highest BCUT2D eigenvalue weighted by Crippen LogP contribution is 2.34. The number of halogens is 4. The lowest BCUT2D eigenvalue weighted by Gasteiger charge is -2.19. The molecule has 1 saturated heterocycles. The number of carbonyl (C=O) groups excluding carboxylic acids is 1. The van der Waals surface area contributed by atoms with E-state index in [1.54, 1.807) is 30.0 Å². The molecule has 1 aromatic carbocycles. The topological polar surface area (TPSA) is 71.0 Å². The van der Waals surface area contributed by atoms with Crippen molar-refractivity contribution in [2.75, 3.05) is 25.0 Å². The Labute approximate surface area is 193 Å². The van der Waals surface area contributed by atoms with Crippen LogP contribution in [0.4, 0.5) is 19.0 Å². The van der Waals surface area contributed by atoms with E-state index < -0.39 is 11.7 Å². The van der Waals surface area contributed by atoms with Gasteiger partial charge in [0.25, 0.3) is 5.91 Å². The van der Waals surface area contributed by atoms with Gasteiger partial charge in [-0.3, -0.25) is 4.79 Å². The van der Waals surface area contributed by atoms with Crippen molar-refractivity contribution in [2.24, 2.45) is 5.92 Å². The number of nitrogens with zero attached hydrogens (tertiary/aromatic N) is 4. The number of hydrogen-bond donors (Lipinski definition) is 1. The Kier molecular flexibility index (Phi) is 6.51. The van der Waals surface area contributed by atoms with Gasteiger partial charge < -0.3 is 10.2 Å². The maximum absolute atomic E-state index is 13.1. The molecular weight excluding hydrogens is 455 g/mol. The standard InChI is InChI=1S/C23H21ClF3N5O/c1-14-8-16(10-30-31-14)22(33)32-12-17(20(13-32)15-2-5-19(24)6-3-15)9-28-21-7-4-18(11-29-21)23(25,26)27/h2-8,10-11,17,20H,9,12-13H2,1H3,(H,28,29)/t17-,20+/m0/s1. The number of likely N-dealkylation sites (tertiary alicyclic amines) is 1. The Hall–Kier alpha value is -3.20. The molecular formula is C23H21ClF3N5O. The molecule has 1 fully saturated rings. The number of aromatic nitrogens is 3. The molecule has 0 bridgehead atoms. The number of rotatable bonds is 5. The number of carbonyl (C=O) groups is 1. The Balaban J connectivity index is 1.52. The molecule has 4 rings (SSSR count). The summed E-state index contributed by atoms with van der Waals surface area (Å²) in [6.07, 6.45) is -2.18. The van der Waals surface area contributed by atoms with E-state index in [9.17, 15) is 18.0 Å². The third kappa shape index (κ3) is 5.42. The van der Waals surface area contributed by atoms with Gasteiger partial charge >= 0.3 is 6.18 Å². The van der Waals surface area contributed by atoms with Crippen LogP contribution < -0.4 is 5.32 Å². The third-order valence-electron chi connectivity index (χ3n) is 5.69. The van der Waals surface area contributed by atoms with Crippen molar-refractivity contribution in [3.8, 4) is 0 Å². The van der Waals surface area contributed by atoms with Gasteiger partial charge in [0.1, 0.15) is 5.82 Å². The van der Waals surface area contributed by atoms with E-state index in [0.717, 1.165) is 17.8 Å². The molecule has 1 aliphatic rings. The van der Waals surface area contributed by atoms with Crippen LogP contribution in [0.2, 0.25) is 5.02 Å². The number of amides is 1. The molecule has 1 aliphatic heterocycles. The lowest BCUT2D eigenvalue weighted by Crippen LogP contribution is -2.30. The molecule has 0 spiro atoms. The highest BCUT2D eigenvalue weighted by atomic mass is 35.5. The monoisotopic (exact) mass is 475 g/mol. The molecule has 33 heavy (non-hydrogen) atoms. The molecule has 3 aromatic rings. The van der Waals surface area contributed by atoms with E-state index in [0.29, 0.717) is 41.7 Å². The van der Waals surface area contributed by atoms with Crippen molar-refractivity contribution in [2.45, 2.75) is 19.0 Å². The van der Waals surface area contributed by atoms with Crippen LogP contribution in [0.25, 0.3) is 0 Å². The van der Waals surface area contributed by atoms with Gasteiger partial charge in [-0.25, -0.2) is 4.98 Å². The third-order valence-corrected chi connectivity index (χ3v) is 5.94. The molecule has 1 N–H and O–H groups in total. The minimum Gasteiger partial charge on any atom is -0.370 e. The largest absolute Gasteiger partial charge is 0.417 e. The molecule has 0 radical (unpaired) electrons. The molecule has 0 aliphatic carbocycles. The van der Waals surface area contributed by atoms with Crippen molar-refractivity contribution < 1.29 is 18.0 Å². The van der Waals surface area contributed by atoms with Gasteiger partial charge in [0, 0.05) is 42.7 Å². The fourth-order valence-corrected chi connectivity index (χ4v) is 4.13. The molecule has 2 aromatic heterocycles. The predicted octanol–water partition coefficient (Wildman–Crippen LogP) is 4.82. The van der Waals surface area contributed by atoms with Crippen molar-refractivity contribution in [1.29, 1.82) is 0 Å². The Bertz CT molecular complexity index is 1120. The first-order chi connectivity index (χ1) is 15.7. The number of pyridine rings is 1. The summed E-state index contributed by atoms with van der Waals surface area (Å²) in [5, 5.41) is 11.5. The summed E-state index contributed by atoms with van der Waals surface area (Å²) in [6.45, 7) is 3.17. The molecule has 10 heteroatoms. The highest BCUT2D eigenvalue weighted by Gasteiger charge is 2.36. The lowest BCUT2D eigenvalue weighted by atomic mass is 9.89. The van der Waals surface area contributed by atoms with E-state index in [1.807, 2.05) is 12.1 Å². The summed E-state index contributed by atoms with van der Waals surface area (Å²) in [6, 6.07) is 11.5. The fraction of sp³-hybridized carbons (Fsp3) is 0.304. The van der Waals surface area contributed by atoms with Crippen LogP contribution >= 0.6 is 11.6 Å². The molecule has 3 heterocycles. The van der Waals surface area contributed by atoms with Gasteiger partial charge in [0.05, 0.1) is 23.0 Å². The number of alkyl halides is 3. The summed E-state index contributed by atoms with van der Waals surface area (Å²) in [4.78, 5) is 18.7.